The molecule has 0 aromatic carbocycles. The molecule has 124 valence electrons. The Morgan fingerprint density at radius 2 is 1.36 bits per heavy atom. The van der Waals surface area contributed by atoms with Crippen molar-refractivity contribution in [1.29, 1.82) is 0 Å². The lowest BCUT2D eigenvalue weighted by Gasteiger charge is -2.17. The number of nitrogens with zero attached hydrogens (tertiary/aromatic N) is 4. The van der Waals surface area contributed by atoms with Gasteiger partial charge < -0.3 is 18.9 Å². The average molecular weight is 330 g/mol. The van der Waals surface area contributed by atoms with Gasteiger partial charge in [-0.15, -0.1) is 0 Å². The van der Waals surface area contributed by atoms with Crippen LogP contribution in [-0.2, 0) is 32.0 Å². The zero-order chi connectivity index (χ0) is 16.0. The summed E-state index contributed by atoms with van der Waals surface area (Å²) in [6.07, 6.45) is -0.145. The van der Waals surface area contributed by atoms with Crippen LogP contribution in [0.15, 0.2) is 0 Å². The number of tetrazole rings is 1. The second kappa shape index (κ2) is 5.64. The van der Waals surface area contributed by atoms with Crippen molar-refractivity contribution in [2.75, 3.05) is 13.2 Å². The molecular weight excluding hydrogens is 308 g/mol. The lowest BCUT2D eigenvalue weighted by Crippen LogP contribution is -2.25. The Labute approximate surface area is 134 Å². The molecule has 0 radical (unpaired) electrons. The Balaban J connectivity index is 1.62. The van der Waals surface area contributed by atoms with E-state index >= 15 is 0 Å². The van der Waals surface area contributed by atoms with E-state index in [1.54, 1.807) is 9.36 Å². The first-order valence-electron chi connectivity index (χ1n) is 7.38. The quantitative estimate of drug-likeness (QED) is 0.766. The predicted octanol–water partition coefficient (Wildman–Crippen LogP) is 1.11. The van der Waals surface area contributed by atoms with Gasteiger partial charge in [0.2, 0.25) is 4.77 Å². The molecule has 22 heavy (non-hydrogen) atoms. The Morgan fingerprint density at radius 1 is 0.955 bits per heavy atom. The van der Waals surface area contributed by atoms with E-state index in [0.29, 0.717) is 31.1 Å². The summed E-state index contributed by atoms with van der Waals surface area (Å²) in [5.41, 5.74) is 0. The molecule has 2 aliphatic rings. The first-order chi connectivity index (χ1) is 10.2. The molecule has 3 rings (SSSR count). The Kier molecular flexibility index (Phi) is 4.11. The minimum absolute atomic E-state index is 0.0724. The van der Waals surface area contributed by atoms with Gasteiger partial charge >= 0.3 is 0 Å². The van der Waals surface area contributed by atoms with Crippen molar-refractivity contribution in [2.45, 2.75) is 64.6 Å². The van der Waals surface area contributed by atoms with Crippen LogP contribution >= 0.6 is 12.2 Å². The van der Waals surface area contributed by atoms with E-state index in [2.05, 4.69) is 10.4 Å². The molecule has 0 bridgehead atoms. The molecule has 0 spiro atoms. The third-order valence-corrected chi connectivity index (χ3v) is 4.01. The third kappa shape index (κ3) is 3.54. The molecule has 2 atom stereocenters. The minimum Gasteiger partial charge on any atom is -0.348 e. The molecule has 1 aromatic heterocycles. The summed E-state index contributed by atoms with van der Waals surface area (Å²) in [6, 6.07) is 0. The van der Waals surface area contributed by atoms with Gasteiger partial charge in [0.25, 0.3) is 0 Å². The molecular formula is C13H22N4O4S. The van der Waals surface area contributed by atoms with Crippen LogP contribution in [0, 0.1) is 4.77 Å². The van der Waals surface area contributed by atoms with Crippen molar-refractivity contribution in [3.63, 3.8) is 0 Å². The Morgan fingerprint density at radius 3 is 1.68 bits per heavy atom. The standard InChI is InChI=1S/C13H22N4O4S/c1-12(2)18-7-9(20-12)5-16-11(22)17(15-14-16)6-10-8-19-13(3,4)21-10/h9-10H,5-8H2,1-4H3. The lowest BCUT2D eigenvalue weighted by molar-refractivity contribution is -0.140. The van der Waals surface area contributed by atoms with Crippen LogP contribution in [-0.4, -0.2) is 56.8 Å². The maximum absolute atomic E-state index is 5.77. The van der Waals surface area contributed by atoms with Crippen molar-refractivity contribution in [3.05, 3.63) is 4.77 Å². The summed E-state index contributed by atoms with van der Waals surface area (Å²) in [6.45, 7) is 9.66. The highest BCUT2D eigenvalue weighted by Crippen LogP contribution is 2.24. The largest absolute Gasteiger partial charge is 0.348 e. The second-order valence-electron chi connectivity index (χ2n) is 6.53. The fourth-order valence-corrected chi connectivity index (χ4v) is 2.85. The van der Waals surface area contributed by atoms with Crippen LogP contribution in [0.1, 0.15) is 27.7 Å². The molecule has 2 aliphatic heterocycles. The van der Waals surface area contributed by atoms with Gasteiger partial charge in [0.15, 0.2) is 11.6 Å². The zero-order valence-electron chi connectivity index (χ0n) is 13.3. The summed E-state index contributed by atoms with van der Waals surface area (Å²) in [7, 11) is 0. The van der Waals surface area contributed by atoms with Crippen molar-refractivity contribution in [2.24, 2.45) is 0 Å². The molecule has 1 aromatic rings. The SMILES string of the molecule is CC1(C)OCC(Cn2nnn(CC3COC(C)(C)O3)c2=S)O1. The molecule has 2 unspecified atom stereocenters. The summed E-state index contributed by atoms with van der Waals surface area (Å²) in [5, 5.41) is 8.20. The first kappa shape index (κ1) is 16.0. The highest BCUT2D eigenvalue weighted by molar-refractivity contribution is 7.71. The monoisotopic (exact) mass is 330 g/mol. The molecule has 0 saturated carbocycles. The Bertz CT molecular complexity index is 549. The maximum Gasteiger partial charge on any atom is 0.216 e. The third-order valence-electron chi connectivity index (χ3n) is 3.59. The van der Waals surface area contributed by atoms with E-state index in [0.717, 1.165) is 0 Å². The number of ether oxygens (including phenoxy) is 4. The van der Waals surface area contributed by atoms with E-state index in [1.165, 1.54) is 0 Å². The predicted molar refractivity (Wildman–Crippen MR) is 78.7 cm³/mol. The molecule has 2 fully saturated rings. The summed E-state index contributed by atoms with van der Waals surface area (Å²) in [5.74, 6) is -1.10. The fourth-order valence-electron chi connectivity index (χ4n) is 2.63. The number of aromatic nitrogens is 4. The summed E-state index contributed by atoms with van der Waals surface area (Å²) < 4.78 is 26.5. The molecule has 0 amide bonds. The van der Waals surface area contributed by atoms with E-state index in [-0.39, 0.29) is 12.2 Å². The minimum atomic E-state index is -0.552. The highest BCUT2D eigenvalue weighted by atomic mass is 32.1. The van der Waals surface area contributed by atoms with Crippen molar-refractivity contribution in [3.8, 4) is 0 Å². The normalized spacial score (nSPS) is 30.0. The molecule has 3 heterocycles. The number of rotatable bonds is 4. The summed E-state index contributed by atoms with van der Waals surface area (Å²) in [4.78, 5) is 0. The average Bonchev–Trinajstić information content (AvgIpc) is 3.03. The van der Waals surface area contributed by atoms with Crippen LogP contribution in [0.4, 0.5) is 0 Å². The van der Waals surface area contributed by atoms with E-state index in [9.17, 15) is 0 Å². The van der Waals surface area contributed by atoms with Crippen LogP contribution in [0.3, 0.4) is 0 Å². The Hall–Kier alpha value is -0.870. The van der Waals surface area contributed by atoms with Gasteiger partial charge in [0, 0.05) is 0 Å². The van der Waals surface area contributed by atoms with Crippen molar-refractivity contribution < 1.29 is 18.9 Å². The number of hydrogen-bond acceptors (Lipinski definition) is 7. The van der Waals surface area contributed by atoms with Gasteiger partial charge in [-0.3, -0.25) is 0 Å². The van der Waals surface area contributed by atoms with Crippen molar-refractivity contribution in [1.82, 2.24) is 19.8 Å². The van der Waals surface area contributed by atoms with Gasteiger partial charge in [-0.2, -0.15) is 0 Å². The van der Waals surface area contributed by atoms with Crippen LogP contribution < -0.4 is 0 Å². The second-order valence-corrected chi connectivity index (χ2v) is 6.89. The maximum atomic E-state index is 5.77. The van der Waals surface area contributed by atoms with E-state index in [1.807, 2.05) is 27.7 Å². The molecule has 8 nitrogen and oxygen atoms in total. The zero-order valence-corrected chi connectivity index (χ0v) is 14.1. The molecule has 9 heteroatoms. The molecule has 0 aliphatic carbocycles. The summed E-state index contributed by atoms with van der Waals surface area (Å²) >= 11 is 5.42. The lowest BCUT2D eigenvalue weighted by atomic mass is 10.3. The number of hydrogen-bond donors (Lipinski definition) is 0. The highest BCUT2D eigenvalue weighted by Gasteiger charge is 2.34. The van der Waals surface area contributed by atoms with E-state index < -0.39 is 11.6 Å². The van der Waals surface area contributed by atoms with Crippen LogP contribution in [0.25, 0.3) is 0 Å². The van der Waals surface area contributed by atoms with Crippen molar-refractivity contribution >= 4 is 12.2 Å². The molecule has 2 saturated heterocycles. The van der Waals surface area contributed by atoms with Crippen LogP contribution in [0.2, 0.25) is 0 Å². The van der Waals surface area contributed by atoms with Gasteiger partial charge in [0.1, 0.15) is 12.2 Å². The topological polar surface area (TPSA) is 72.6 Å². The van der Waals surface area contributed by atoms with Gasteiger partial charge in [0.05, 0.1) is 26.3 Å². The van der Waals surface area contributed by atoms with Gasteiger partial charge in [-0.05, 0) is 50.3 Å². The van der Waals surface area contributed by atoms with Crippen LogP contribution in [0.5, 0.6) is 0 Å². The van der Waals surface area contributed by atoms with E-state index in [4.69, 9.17) is 31.2 Å². The fraction of sp³-hybridized carbons (Fsp3) is 0.923. The first-order valence-corrected chi connectivity index (χ1v) is 7.79. The van der Waals surface area contributed by atoms with Gasteiger partial charge in [-0.25, -0.2) is 9.36 Å². The smallest absolute Gasteiger partial charge is 0.216 e. The molecule has 0 N–H and O–H groups in total. The van der Waals surface area contributed by atoms with Gasteiger partial charge in [-0.1, -0.05) is 0 Å².